The number of hydrogen-bond donors (Lipinski definition) is 2. The number of nitrogens with zero attached hydrogens (tertiary/aromatic N) is 1. The molecule has 0 saturated heterocycles. The fourth-order valence-electron chi connectivity index (χ4n) is 2.43. The molecule has 0 bridgehead atoms. The third-order valence-electron chi connectivity index (χ3n) is 3.72. The van der Waals surface area contributed by atoms with Crippen LogP contribution in [0, 0.1) is 18.3 Å². The number of benzene rings is 2. The van der Waals surface area contributed by atoms with Crippen LogP contribution in [0.4, 0.5) is 0 Å². The normalized spacial score (nSPS) is 16.0. The Bertz CT molecular complexity index is 837. The maximum Gasteiger partial charge on any atom is 0.294 e. The molecule has 1 aliphatic carbocycles. The van der Waals surface area contributed by atoms with Gasteiger partial charge >= 0.3 is 0 Å². The highest BCUT2D eigenvalue weighted by molar-refractivity contribution is 7.85. The lowest BCUT2D eigenvalue weighted by Crippen LogP contribution is -2.04. The lowest BCUT2D eigenvalue weighted by molar-refractivity contribution is 0.483. The van der Waals surface area contributed by atoms with Crippen molar-refractivity contribution in [1.82, 2.24) is 0 Å². The molecule has 0 heterocycles. The van der Waals surface area contributed by atoms with Crippen LogP contribution >= 0.6 is 0 Å². The summed E-state index contributed by atoms with van der Waals surface area (Å²) in [5.41, 5.74) is 10.0. The van der Waals surface area contributed by atoms with Crippen LogP contribution in [-0.4, -0.2) is 13.0 Å². The van der Waals surface area contributed by atoms with Gasteiger partial charge in [-0.25, -0.2) is 0 Å². The molecule has 0 fully saturated rings. The Morgan fingerprint density at radius 1 is 1.22 bits per heavy atom. The van der Waals surface area contributed by atoms with Gasteiger partial charge in [0, 0.05) is 6.04 Å². The van der Waals surface area contributed by atoms with Crippen molar-refractivity contribution in [1.29, 1.82) is 5.26 Å². The highest BCUT2D eigenvalue weighted by atomic mass is 32.2. The van der Waals surface area contributed by atoms with Crippen molar-refractivity contribution in [2.24, 2.45) is 5.73 Å². The molecule has 0 radical (unpaired) electrons. The molecule has 0 spiro atoms. The highest BCUT2D eigenvalue weighted by Crippen LogP contribution is 2.29. The summed E-state index contributed by atoms with van der Waals surface area (Å²) >= 11 is 0. The number of rotatable bonds is 1. The minimum absolute atomic E-state index is 0.0666. The summed E-state index contributed by atoms with van der Waals surface area (Å²) in [5, 5.41) is 8.65. The molecule has 0 saturated carbocycles. The molecule has 0 amide bonds. The van der Waals surface area contributed by atoms with Crippen molar-refractivity contribution in [2.45, 2.75) is 30.7 Å². The Morgan fingerprint density at radius 3 is 2.43 bits per heavy atom. The summed E-state index contributed by atoms with van der Waals surface area (Å²) in [5.74, 6) is 0. The van der Waals surface area contributed by atoms with E-state index in [2.05, 4.69) is 6.07 Å². The average Bonchev–Trinajstić information content (AvgIpc) is 2.88. The molecular formula is C17H18N2O3S. The van der Waals surface area contributed by atoms with Crippen molar-refractivity contribution in [3.8, 4) is 6.07 Å². The van der Waals surface area contributed by atoms with Crippen molar-refractivity contribution in [3.63, 3.8) is 0 Å². The van der Waals surface area contributed by atoms with Crippen LogP contribution in [0.2, 0.25) is 0 Å². The highest BCUT2D eigenvalue weighted by Gasteiger charge is 2.18. The topological polar surface area (TPSA) is 104 Å². The van der Waals surface area contributed by atoms with E-state index in [1.54, 1.807) is 12.1 Å². The molecule has 6 heteroatoms. The van der Waals surface area contributed by atoms with Crippen LogP contribution in [0.15, 0.2) is 47.4 Å². The second kappa shape index (κ2) is 6.92. The van der Waals surface area contributed by atoms with Gasteiger partial charge in [-0.3, -0.25) is 4.55 Å². The molecule has 3 N–H and O–H groups in total. The van der Waals surface area contributed by atoms with Gasteiger partial charge in [0.2, 0.25) is 0 Å². The van der Waals surface area contributed by atoms with Gasteiger partial charge in [0.1, 0.15) is 0 Å². The van der Waals surface area contributed by atoms with E-state index in [1.165, 1.54) is 23.3 Å². The number of nitrogens with two attached hydrogens (primary N) is 1. The zero-order valence-electron chi connectivity index (χ0n) is 12.7. The number of nitriles is 1. The lowest BCUT2D eigenvalue weighted by atomic mass is 10.1. The van der Waals surface area contributed by atoms with E-state index in [4.69, 9.17) is 15.5 Å². The van der Waals surface area contributed by atoms with Crippen LogP contribution in [0.5, 0.6) is 0 Å². The van der Waals surface area contributed by atoms with E-state index in [0.29, 0.717) is 0 Å². The van der Waals surface area contributed by atoms with E-state index >= 15 is 0 Å². The van der Waals surface area contributed by atoms with Crippen LogP contribution in [0.3, 0.4) is 0 Å². The largest absolute Gasteiger partial charge is 0.324 e. The summed E-state index contributed by atoms with van der Waals surface area (Å²) in [4.78, 5) is -0.0666. The molecule has 120 valence electrons. The Kier molecular flexibility index (Phi) is 5.16. The minimum Gasteiger partial charge on any atom is -0.324 e. The molecule has 23 heavy (non-hydrogen) atoms. The van der Waals surface area contributed by atoms with Gasteiger partial charge in [-0.1, -0.05) is 23.8 Å². The van der Waals surface area contributed by atoms with Crippen molar-refractivity contribution < 1.29 is 13.0 Å². The Labute approximate surface area is 136 Å². The summed E-state index contributed by atoms with van der Waals surface area (Å²) in [6.07, 6.45) is 2.04. The zero-order chi connectivity index (χ0) is 17.0. The fraction of sp³-hybridized carbons (Fsp3) is 0.235. The zero-order valence-corrected chi connectivity index (χ0v) is 13.5. The van der Waals surface area contributed by atoms with Crippen molar-refractivity contribution >= 4 is 10.1 Å². The first kappa shape index (κ1) is 17.2. The summed E-state index contributed by atoms with van der Waals surface area (Å²) in [6.45, 7) is 1.84. The SMILES string of the molecule is Cc1ccc(S(=O)(=O)O)cc1.N#Cc1ccc2c(c1)CC[C@H]2N. The average molecular weight is 330 g/mol. The molecule has 0 aromatic heterocycles. The Hall–Kier alpha value is -2.20. The molecule has 2 aromatic rings. The first-order valence-electron chi connectivity index (χ1n) is 7.14. The van der Waals surface area contributed by atoms with E-state index in [-0.39, 0.29) is 10.9 Å². The van der Waals surface area contributed by atoms with Gasteiger partial charge in [-0.2, -0.15) is 13.7 Å². The maximum atomic E-state index is 10.5. The van der Waals surface area contributed by atoms with Gasteiger partial charge in [0.15, 0.2) is 0 Å². The predicted molar refractivity (Wildman–Crippen MR) is 87.4 cm³/mol. The third-order valence-corrected chi connectivity index (χ3v) is 4.58. The molecule has 3 rings (SSSR count). The summed E-state index contributed by atoms with van der Waals surface area (Å²) < 4.78 is 29.6. The molecule has 5 nitrogen and oxygen atoms in total. The lowest BCUT2D eigenvalue weighted by Gasteiger charge is -2.03. The quantitative estimate of drug-likeness (QED) is 0.782. The summed E-state index contributed by atoms with van der Waals surface area (Å²) in [6, 6.07) is 14.1. The second-order valence-electron chi connectivity index (χ2n) is 5.46. The monoisotopic (exact) mass is 330 g/mol. The van der Waals surface area contributed by atoms with Crippen LogP contribution in [0.25, 0.3) is 0 Å². The van der Waals surface area contributed by atoms with Gasteiger partial charge in [0.05, 0.1) is 16.5 Å². The van der Waals surface area contributed by atoms with Gasteiger partial charge in [-0.05, 0) is 55.2 Å². The number of fused-ring (bicyclic) bond motifs is 1. The Morgan fingerprint density at radius 2 is 1.87 bits per heavy atom. The number of aryl methyl sites for hydroxylation is 2. The molecule has 0 aliphatic heterocycles. The molecular weight excluding hydrogens is 312 g/mol. The first-order valence-corrected chi connectivity index (χ1v) is 8.58. The molecule has 1 aliphatic rings. The standard InChI is InChI=1S/C10H10N2.C7H8O3S/c11-6-7-1-3-9-8(5-7)2-4-10(9)12;1-6-2-4-7(5-3-6)11(8,9)10/h1,3,5,10H,2,4,12H2;2-5H,1H3,(H,8,9,10)/t10-;/m1./s1. The molecule has 1 atom stereocenters. The summed E-state index contributed by atoms with van der Waals surface area (Å²) in [7, 11) is -4.02. The predicted octanol–water partition coefficient (Wildman–Crippen LogP) is 2.75. The smallest absolute Gasteiger partial charge is 0.294 e. The van der Waals surface area contributed by atoms with E-state index in [9.17, 15) is 8.42 Å². The molecule has 2 aromatic carbocycles. The maximum absolute atomic E-state index is 10.5. The molecule has 0 unspecified atom stereocenters. The van der Waals surface area contributed by atoms with Gasteiger partial charge < -0.3 is 5.73 Å². The Balaban J connectivity index is 0.000000168. The van der Waals surface area contributed by atoms with Crippen LogP contribution in [0.1, 0.15) is 34.7 Å². The third kappa shape index (κ3) is 4.39. The van der Waals surface area contributed by atoms with E-state index in [0.717, 1.165) is 24.0 Å². The van der Waals surface area contributed by atoms with Crippen LogP contribution in [-0.2, 0) is 16.5 Å². The van der Waals surface area contributed by atoms with Crippen LogP contribution < -0.4 is 5.73 Å². The van der Waals surface area contributed by atoms with Gasteiger partial charge in [0.25, 0.3) is 10.1 Å². The van der Waals surface area contributed by atoms with Crippen molar-refractivity contribution in [2.75, 3.05) is 0 Å². The second-order valence-corrected chi connectivity index (χ2v) is 6.88. The minimum atomic E-state index is -4.02. The van der Waals surface area contributed by atoms with Crippen molar-refractivity contribution in [3.05, 3.63) is 64.7 Å². The van der Waals surface area contributed by atoms with E-state index < -0.39 is 10.1 Å². The van der Waals surface area contributed by atoms with E-state index in [1.807, 2.05) is 25.1 Å². The first-order chi connectivity index (χ1) is 10.8. The van der Waals surface area contributed by atoms with Gasteiger partial charge in [-0.15, -0.1) is 0 Å². The number of hydrogen-bond acceptors (Lipinski definition) is 4. The fourth-order valence-corrected chi connectivity index (χ4v) is 2.91.